The van der Waals surface area contributed by atoms with Crippen LogP contribution in [0, 0.1) is 0 Å². The van der Waals surface area contributed by atoms with Crippen LogP contribution in [-0.4, -0.2) is 27.6 Å². The number of aromatic nitrogens is 3. The molecule has 0 saturated carbocycles. The van der Waals surface area contributed by atoms with Crippen LogP contribution in [0.15, 0.2) is 18.3 Å². The number of aryl methyl sites for hydroxylation is 1. The molecule has 7 nitrogen and oxygen atoms in total. The number of carbonyl (C=O) groups excluding carboxylic acids is 1. The van der Waals surface area contributed by atoms with Crippen molar-refractivity contribution >= 4 is 29.1 Å². The van der Waals surface area contributed by atoms with Gasteiger partial charge in [0, 0.05) is 18.8 Å². The molecule has 0 saturated heterocycles. The summed E-state index contributed by atoms with van der Waals surface area (Å²) in [6, 6.07) is 3.03. The van der Waals surface area contributed by atoms with E-state index in [2.05, 4.69) is 15.3 Å². The Labute approximate surface area is 120 Å². The first-order valence-electron chi connectivity index (χ1n) is 5.89. The predicted molar refractivity (Wildman–Crippen MR) is 76.1 cm³/mol. The number of nitrogen functional groups attached to an aromatic ring is 1. The van der Waals surface area contributed by atoms with Crippen LogP contribution in [0.25, 0.3) is 0 Å². The monoisotopic (exact) mass is 295 g/mol. The number of carbonyl (C=O) groups is 1. The highest BCUT2D eigenvalue weighted by Crippen LogP contribution is 2.17. The first kappa shape index (κ1) is 14.1. The molecule has 0 unspecified atom stereocenters. The molecule has 2 aromatic heterocycles. The molecule has 8 heteroatoms. The second kappa shape index (κ2) is 5.79. The van der Waals surface area contributed by atoms with E-state index in [1.54, 1.807) is 16.8 Å². The topological polar surface area (TPSA) is 95.1 Å². The third-order valence-electron chi connectivity index (χ3n) is 2.60. The summed E-state index contributed by atoms with van der Waals surface area (Å²) in [4.78, 5) is 20.1. The zero-order chi connectivity index (χ0) is 14.7. The Morgan fingerprint density at radius 1 is 1.50 bits per heavy atom. The van der Waals surface area contributed by atoms with Gasteiger partial charge in [0.15, 0.2) is 0 Å². The first-order chi connectivity index (χ1) is 9.53. The number of hydrogen-bond donors (Lipinski definition) is 2. The van der Waals surface area contributed by atoms with Crippen LogP contribution in [0.5, 0.6) is 5.88 Å². The summed E-state index contributed by atoms with van der Waals surface area (Å²) >= 11 is 5.81. The number of nitrogens with zero attached hydrogens (tertiary/aromatic N) is 3. The number of ether oxygens (including phenoxy) is 1. The van der Waals surface area contributed by atoms with Gasteiger partial charge in [0.1, 0.15) is 10.8 Å². The van der Waals surface area contributed by atoms with E-state index in [1.165, 1.54) is 13.2 Å². The maximum atomic E-state index is 12.2. The van der Waals surface area contributed by atoms with Gasteiger partial charge in [-0.05, 0) is 13.0 Å². The number of halogens is 1. The molecule has 0 spiro atoms. The van der Waals surface area contributed by atoms with E-state index >= 15 is 0 Å². The van der Waals surface area contributed by atoms with Gasteiger partial charge in [-0.25, -0.2) is 4.98 Å². The molecule has 20 heavy (non-hydrogen) atoms. The van der Waals surface area contributed by atoms with Crippen molar-refractivity contribution in [2.45, 2.75) is 13.5 Å². The fourth-order valence-corrected chi connectivity index (χ4v) is 1.88. The summed E-state index contributed by atoms with van der Waals surface area (Å²) in [5, 5.41) is 2.74. The zero-order valence-corrected chi connectivity index (χ0v) is 11.8. The predicted octanol–water partition coefficient (Wildman–Crippen LogP) is 1.79. The fraction of sp³-hybridized carbons (Fsp3) is 0.250. The van der Waals surface area contributed by atoms with Gasteiger partial charge < -0.3 is 15.0 Å². The summed E-state index contributed by atoms with van der Waals surface area (Å²) in [5.74, 6) is -0.0275. The molecule has 0 aliphatic carbocycles. The minimum absolute atomic E-state index is 0.0711. The summed E-state index contributed by atoms with van der Waals surface area (Å²) in [6.07, 6.45) is 1.69. The van der Waals surface area contributed by atoms with Crippen LogP contribution >= 0.6 is 11.6 Å². The third-order valence-corrected chi connectivity index (χ3v) is 2.79. The van der Waals surface area contributed by atoms with E-state index in [0.717, 1.165) is 0 Å². The Morgan fingerprint density at radius 3 is 2.90 bits per heavy atom. The Kier molecular flexibility index (Phi) is 4.09. The van der Waals surface area contributed by atoms with Gasteiger partial charge in [0.05, 0.1) is 12.8 Å². The largest absolute Gasteiger partial charge is 0.481 e. The summed E-state index contributed by atoms with van der Waals surface area (Å²) < 4.78 is 6.69. The lowest BCUT2D eigenvalue weighted by Gasteiger charge is -2.07. The molecule has 0 fully saturated rings. The smallest absolute Gasteiger partial charge is 0.274 e. The SMILES string of the molecule is CCn1cc(N)cc1C(=O)Nc1nc(Cl)cc(OC)n1. The lowest BCUT2D eigenvalue weighted by molar-refractivity contribution is 0.101. The third kappa shape index (κ3) is 3.00. The summed E-state index contributed by atoms with van der Waals surface area (Å²) in [7, 11) is 1.45. The molecule has 106 valence electrons. The van der Waals surface area contributed by atoms with Crippen molar-refractivity contribution < 1.29 is 9.53 Å². The number of anilines is 2. The lowest BCUT2D eigenvalue weighted by atomic mass is 10.4. The van der Waals surface area contributed by atoms with Crippen LogP contribution in [0.3, 0.4) is 0 Å². The zero-order valence-electron chi connectivity index (χ0n) is 11.1. The number of hydrogen-bond acceptors (Lipinski definition) is 5. The molecule has 0 bridgehead atoms. The normalized spacial score (nSPS) is 10.3. The molecule has 0 aliphatic rings. The first-order valence-corrected chi connectivity index (χ1v) is 6.27. The van der Waals surface area contributed by atoms with Crippen molar-refractivity contribution in [3.8, 4) is 5.88 Å². The average Bonchev–Trinajstić information content (AvgIpc) is 2.79. The quantitative estimate of drug-likeness (QED) is 0.839. The minimum Gasteiger partial charge on any atom is -0.481 e. The van der Waals surface area contributed by atoms with Gasteiger partial charge in [-0.3, -0.25) is 10.1 Å². The van der Waals surface area contributed by atoms with Gasteiger partial charge in [-0.15, -0.1) is 0 Å². The van der Waals surface area contributed by atoms with Crippen molar-refractivity contribution in [2.75, 3.05) is 18.2 Å². The number of nitrogens with one attached hydrogen (secondary N) is 1. The van der Waals surface area contributed by atoms with Gasteiger partial charge in [0.2, 0.25) is 11.8 Å². The molecule has 0 aliphatic heterocycles. The Hall–Kier alpha value is -2.28. The molecule has 2 aromatic rings. The van der Waals surface area contributed by atoms with Crippen LogP contribution in [0.4, 0.5) is 11.6 Å². The molecule has 0 aromatic carbocycles. The standard InChI is InChI=1S/C12H14ClN5O2/c1-3-18-6-7(14)4-8(18)11(19)17-12-15-9(13)5-10(16-12)20-2/h4-6H,3,14H2,1-2H3,(H,15,16,17,19). The molecule has 3 N–H and O–H groups in total. The Balaban J connectivity index is 2.25. The Morgan fingerprint density at radius 2 is 2.25 bits per heavy atom. The molecule has 2 heterocycles. The van der Waals surface area contributed by atoms with Gasteiger partial charge >= 0.3 is 0 Å². The van der Waals surface area contributed by atoms with Crippen LogP contribution < -0.4 is 15.8 Å². The Bertz CT molecular complexity index is 641. The van der Waals surface area contributed by atoms with Crippen LogP contribution in [0.1, 0.15) is 17.4 Å². The highest BCUT2D eigenvalue weighted by Gasteiger charge is 2.14. The number of rotatable bonds is 4. The fourth-order valence-electron chi connectivity index (χ4n) is 1.71. The van der Waals surface area contributed by atoms with Crippen molar-refractivity contribution in [1.82, 2.24) is 14.5 Å². The number of methoxy groups -OCH3 is 1. The van der Waals surface area contributed by atoms with E-state index < -0.39 is 0 Å². The molecular weight excluding hydrogens is 282 g/mol. The van der Waals surface area contributed by atoms with Crippen molar-refractivity contribution in [1.29, 1.82) is 0 Å². The molecule has 2 rings (SSSR count). The molecular formula is C12H14ClN5O2. The maximum absolute atomic E-state index is 12.2. The second-order valence-electron chi connectivity index (χ2n) is 3.96. The van der Waals surface area contributed by atoms with Crippen molar-refractivity contribution in [3.05, 3.63) is 29.2 Å². The molecule has 0 atom stereocenters. The number of nitrogens with two attached hydrogens (primary N) is 1. The highest BCUT2D eigenvalue weighted by molar-refractivity contribution is 6.29. The van der Waals surface area contributed by atoms with Gasteiger partial charge in [-0.2, -0.15) is 4.98 Å². The van der Waals surface area contributed by atoms with E-state index in [9.17, 15) is 4.79 Å². The van der Waals surface area contributed by atoms with Crippen molar-refractivity contribution in [3.63, 3.8) is 0 Å². The van der Waals surface area contributed by atoms with E-state index in [4.69, 9.17) is 22.1 Å². The molecule has 1 amide bonds. The summed E-state index contributed by atoms with van der Waals surface area (Å²) in [6.45, 7) is 2.54. The average molecular weight is 296 g/mol. The van der Waals surface area contributed by atoms with Crippen molar-refractivity contribution in [2.24, 2.45) is 0 Å². The van der Waals surface area contributed by atoms with E-state index in [-0.39, 0.29) is 22.9 Å². The lowest BCUT2D eigenvalue weighted by Crippen LogP contribution is -2.18. The van der Waals surface area contributed by atoms with Gasteiger partial charge in [0.25, 0.3) is 5.91 Å². The minimum atomic E-state index is -0.368. The van der Waals surface area contributed by atoms with Crippen LogP contribution in [0.2, 0.25) is 5.15 Å². The van der Waals surface area contributed by atoms with Crippen LogP contribution in [-0.2, 0) is 6.54 Å². The highest BCUT2D eigenvalue weighted by atomic mass is 35.5. The maximum Gasteiger partial charge on any atom is 0.274 e. The van der Waals surface area contributed by atoms with Gasteiger partial charge in [-0.1, -0.05) is 11.6 Å². The number of amides is 1. The van der Waals surface area contributed by atoms with E-state index in [0.29, 0.717) is 17.9 Å². The molecule has 0 radical (unpaired) electrons. The summed E-state index contributed by atoms with van der Waals surface area (Å²) in [5.41, 5.74) is 6.62. The van der Waals surface area contributed by atoms with E-state index in [1.807, 2.05) is 6.92 Å². The second-order valence-corrected chi connectivity index (χ2v) is 4.34.